The molecular formula is C19H23ClFN7O. The number of aromatic amines is 1. The SMILES string of the molecule is CCC(CCl)c1nc(-c2ccc(F)cn2)n(-c2cnc(C(=O)NCC(C)C)[nH]2)n1. The predicted molar refractivity (Wildman–Crippen MR) is 108 cm³/mol. The molecule has 3 rings (SSSR count). The van der Waals surface area contributed by atoms with E-state index in [0.717, 1.165) is 12.6 Å². The molecule has 0 fully saturated rings. The van der Waals surface area contributed by atoms with Gasteiger partial charge in [-0.1, -0.05) is 20.8 Å². The Kier molecular flexibility index (Phi) is 6.58. The second-order valence-electron chi connectivity index (χ2n) is 7.05. The summed E-state index contributed by atoms with van der Waals surface area (Å²) in [6.45, 7) is 6.56. The molecule has 0 bridgehead atoms. The van der Waals surface area contributed by atoms with E-state index in [-0.39, 0.29) is 17.6 Å². The molecule has 10 heteroatoms. The number of halogens is 2. The summed E-state index contributed by atoms with van der Waals surface area (Å²) in [5.74, 6) is 1.45. The van der Waals surface area contributed by atoms with Crippen molar-refractivity contribution in [3.05, 3.63) is 42.0 Å². The van der Waals surface area contributed by atoms with Gasteiger partial charge in [-0.15, -0.1) is 16.7 Å². The van der Waals surface area contributed by atoms with Crippen LogP contribution in [0.1, 0.15) is 49.6 Å². The van der Waals surface area contributed by atoms with E-state index in [1.54, 1.807) is 0 Å². The van der Waals surface area contributed by atoms with Crippen molar-refractivity contribution in [3.8, 4) is 17.3 Å². The van der Waals surface area contributed by atoms with E-state index in [0.29, 0.717) is 41.5 Å². The highest BCUT2D eigenvalue weighted by atomic mass is 35.5. The van der Waals surface area contributed by atoms with Crippen LogP contribution >= 0.6 is 11.6 Å². The van der Waals surface area contributed by atoms with Crippen molar-refractivity contribution in [2.75, 3.05) is 12.4 Å². The van der Waals surface area contributed by atoms with Gasteiger partial charge in [0.05, 0.1) is 12.4 Å². The zero-order valence-electron chi connectivity index (χ0n) is 16.5. The lowest BCUT2D eigenvalue weighted by Crippen LogP contribution is -2.28. The number of hydrogen-bond acceptors (Lipinski definition) is 5. The molecule has 29 heavy (non-hydrogen) atoms. The van der Waals surface area contributed by atoms with E-state index in [4.69, 9.17) is 11.6 Å². The van der Waals surface area contributed by atoms with Gasteiger partial charge < -0.3 is 10.3 Å². The Labute approximate surface area is 172 Å². The molecule has 8 nitrogen and oxygen atoms in total. The number of H-pyrrole nitrogens is 1. The van der Waals surface area contributed by atoms with Gasteiger partial charge in [0.15, 0.2) is 23.3 Å². The van der Waals surface area contributed by atoms with E-state index in [1.165, 1.54) is 23.0 Å². The summed E-state index contributed by atoms with van der Waals surface area (Å²) in [4.78, 5) is 28.1. The third kappa shape index (κ3) is 4.79. The number of carbonyl (C=O) groups is 1. The topological polar surface area (TPSA) is 101 Å². The number of nitrogens with one attached hydrogen (secondary N) is 2. The number of imidazole rings is 1. The highest BCUT2D eigenvalue weighted by Gasteiger charge is 2.22. The largest absolute Gasteiger partial charge is 0.349 e. The number of aromatic nitrogens is 6. The zero-order valence-corrected chi connectivity index (χ0v) is 17.2. The van der Waals surface area contributed by atoms with Crippen LogP contribution in [0.2, 0.25) is 0 Å². The Balaban J connectivity index is 1.99. The monoisotopic (exact) mass is 419 g/mol. The Morgan fingerprint density at radius 1 is 1.31 bits per heavy atom. The van der Waals surface area contributed by atoms with Gasteiger partial charge in [0.1, 0.15) is 11.5 Å². The van der Waals surface area contributed by atoms with E-state index in [2.05, 4.69) is 30.4 Å². The van der Waals surface area contributed by atoms with Crippen molar-refractivity contribution < 1.29 is 9.18 Å². The van der Waals surface area contributed by atoms with Crippen LogP contribution in [0.3, 0.4) is 0 Å². The van der Waals surface area contributed by atoms with Crippen LogP contribution in [-0.4, -0.2) is 48.0 Å². The fourth-order valence-electron chi connectivity index (χ4n) is 2.62. The number of nitrogens with zero attached hydrogens (tertiary/aromatic N) is 5. The maximum absolute atomic E-state index is 13.3. The van der Waals surface area contributed by atoms with Gasteiger partial charge in [-0.25, -0.2) is 19.3 Å². The van der Waals surface area contributed by atoms with Crippen molar-refractivity contribution in [3.63, 3.8) is 0 Å². The average Bonchev–Trinajstić information content (AvgIpc) is 3.35. The number of amides is 1. The Hall–Kier alpha value is -2.81. The smallest absolute Gasteiger partial charge is 0.287 e. The Bertz CT molecular complexity index is 963. The van der Waals surface area contributed by atoms with E-state index in [9.17, 15) is 9.18 Å². The maximum Gasteiger partial charge on any atom is 0.287 e. The lowest BCUT2D eigenvalue weighted by molar-refractivity contribution is 0.0939. The summed E-state index contributed by atoms with van der Waals surface area (Å²) in [6.07, 6.45) is 3.37. The second kappa shape index (κ2) is 9.13. The standard InChI is InChI=1S/C19H23ClFN7O/c1-4-12(7-20)16-26-18(14-6-5-13(21)9-22-14)28(27-16)15-10-23-17(25-15)19(29)24-8-11(2)3/h5-6,9-12H,4,7-8H2,1-3H3,(H,23,25)(H,24,29). The molecule has 0 aliphatic rings. The van der Waals surface area contributed by atoms with Crippen LogP contribution in [0.5, 0.6) is 0 Å². The first-order chi connectivity index (χ1) is 13.9. The van der Waals surface area contributed by atoms with Crippen LogP contribution in [0.25, 0.3) is 17.3 Å². The molecule has 154 valence electrons. The van der Waals surface area contributed by atoms with Crippen molar-refractivity contribution in [1.29, 1.82) is 0 Å². The summed E-state index contributed by atoms with van der Waals surface area (Å²) >= 11 is 6.05. The molecule has 0 aliphatic heterocycles. The van der Waals surface area contributed by atoms with Crippen LogP contribution in [0, 0.1) is 11.7 Å². The van der Waals surface area contributed by atoms with Crippen molar-refractivity contribution >= 4 is 17.5 Å². The molecule has 3 heterocycles. The van der Waals surface area contributed by atoms with Crippen LogP contribution in [-0.2, 0) is 0 Å². The zero-order chi connectivity index (χ0) is 21.0. The van der Waals surface area contributed by atoms with E-state index in [1.807, 2.05) is 20.8 Å². The van der Waals surface area contributed by atoms with Gasteiger partial charge in [0, 0.05) is 18.3 Å². The molecule has 0 spiro atoms. The lowest BCUT2D eigenvalue weighted by Gasteiger charge is -2.05. The lowest BCUT2D eigenvalue weighted by atomic mass is 10.1. The second-order valence-corrected chi connectivity index (χ2v) is 7.36. The van der Waals surface area contributed by atoms with Gasteiger partial charge in [-0.3, -0.25) is 4.79 Å². The molecule has 1 unspecified atom stereocenters. The summed E-state index contributed by atoms with van der Waals surface area (Å²) < 4.78 is 14.8. The predicted octanol–water partition coefficient (Wildman–Crippen LogP) is 3.31. The Morgan fingerprint density at radius 3 is 2.72 bits per heavy atom. The maximum atomic E-state index is 13.3. The highest BCUT2D eigenvalue weighted by Crippen LogP contribution is 2.24. The molecule has 0 aliphatic carbocycles. The number of rotatable bonds is 8. The van der Waals surface area contributed by atoms with Gasteiger partial charge >= 0.3 is 0 Å². The average molecular weight is 420 g/mol. The first kappa shape index (κ1) is 20.9. The molecule has 1 amide bonds. The fraction of sp³-hybridized carbons (Fsp3) is 0.421. The summed E-state index contributed by atoms with van der Waals surface area (Å²) in [5, 5.41) is 7.36. The van der Waals surface area contributed by atoms with Crippen molar-refractivity contribution in [2.45, 2.75) is 33.1 Å². The molecular weight excluding hydrogens is 397 g/mol. The van der Waals surface area contributed by atoms with Crippen LogP contribution in [0.15, 0.2) is 24.5 Å². The minimum atomic E-state index is -0.446. The first-order valence-electron chi connectivity index (χ1n) is 9.41. The third-order valence-electron chi connectivity index (χ3n) is 4.30. The van der Waals surface area contributed by atoms with Gasteiger partial charge in [-0.2, -0.15) is 4.68 Å². The minimum Gasteiger partial charge on any atom is -0.349 e. The number of hydrogen-bond donors (Lipinski definition) is 2. The molecule has 2 N–H and O–H groups in total. The highest BCUT2D eigenvalue weighted by molar-refractivity contribution is 6.18. The van der Waals surface area contributed by atoms with Gasteiger partial charge in [0.25, 0.3) is 5.91 Å². The molecule has 0 aromatic carbocycles. The fourth-order valence-corrected chi connectivity index (χ4v) is 2.97. The number of alkyl halides is 1. The molecule has 0 saturated carbocycles. The van der Waals surface area contributed by atoms with Gasteiger partial charge in [-0.05, 0) is 24.5 Å². The number of pyridine rings is 1. The summed E-state index contributed by atoms with van der Waals surface area (Å²) in [5.41, 5.74) is 0.440. The molecule has 0 saturated heterocycles. The summed E-state index contributed by atoms with van der Waals surface area (Å²) in [6, 6.07) is 2.82. The quantitative estimate of drug-likeness (QED) is 0.545. The molecule has 0 radical (unpaired) electrons. The third-order valence-corrected chi connectivity index (χ3v) is 4.67. The van der Waals surface area contributed by atoms with Gasteiger partial charge in [0.2, 0.25) is 0 Å². The molecule has 1 atom stereocenters. The molecule has 3 aromatic rings. The first-order valence-corrected chi connectivity index (χ1v) is 9.94. The number of carbonyl (C=O) groups excluding carboxylic acids is 1. The van der Waals surface area contributed by atoms with Crippen molar-refractivity contribution in [2.24, 2.45) is 5.92 Å². The van der Waals surface area contributed by atoms with E-state index >= 15 is 0 Å². The Morgan fingerprint density at radius 2 is 2.10 bits per heavy atom. The van der Waals surface area contributed by atoms with E-state index < -0.39 is 5.82 Å². The normalized spacial score (nSPS) is 12.3. The molecule has 3 aromatic heterocycles. The van der Waals surface area contributed by atoms with Crippen molar-refractivity contribution in [1.82, 2.24) is 35.0 Å². The van der Waals surface area contributed by atoms with Crippen LogP contribution < -0.4 is 5.32 Å². The van der Waals surface area contributed by atoms with Crippen LogP contribution in [0.4, 0.5) is 4.39 Å². The summed E-state index contributed by atoms with van der Waals surface area (Å²) in [7, 11) is 0. The minimum absolute atomic E-state index is 0.0474.